The van der Waals surface area contributed by atoms with E-state index in [1.165, 1.54) is 12.1 Å². The van der Waals surface area contributed by atoms with Gasteiger partial charge in [-0.25, -0.2) is 0 Å². The Bertz CT molecular complexity index is 1610. The van der Waals surface area contributed by atoms with Gasteiger partial charge < -0.3 is 16.0 Å². The minimum absolute atomic E-state index is 0.0426. The number of hydrogen-bond acceptors (Lipinski definition) is 5. The van der Waals surface area contributed by atoms with Gasteiger partial charge in [-0.1, -0.05) is 73.2 Å². The minimum atomic E-state index is -4.00. The highest BCUT2D eigenvalue weighted by Gasteiger charge is 2.21. The summed E-state index contributed by atoms with van der Waals surface area (Å²) in [6, 6.07) is 26.9. The van der Waals surface area contributed by atoms with Crippen LogP contribution in [0.25, 0.3) is 10.8 Å². The summed E-state index contributed by atoms with van der Waals surface area (Å²) in [6.45, 7) is 4.77. The van der Waals surface area contributed by atoms with Crippen molar-refractivity contribution in [2.24, 2.45) is 0 Å². The van der Waals surface area contributed by atoms with E-state index in [0.29, 0.717) is 11.3 Å². The first-order valence-corrected chi connectivity index (χ1v) is 15.0. The molecule has 4 N–H and O–H groups in total. The quantitative estimate of drug-likeness (QED) is 0.221. The van der Waals surface area contributed by atoms with Gasteiger partial charge >= 0.3 is 0 Å². The molecule has 0 bridgehead atoms. The van der Waals surface area contributed by atoms with E-state index >= 15 is 0 Å². The van der Waals surface area contributed by atoms with Crippen LogP contribution in [0.2, 0.25) is 0 Å². The predicted octanol–water partition coefficient (Wildman–Crippen LogP) is 5.65. The Labute approximate surface area is 240 Å². The van der Waals surface area contributed by atoms with Gasteiger partial charge in [0.25, 0.3) is 16.0 Å². The summed E-state index contributed by atoms with van der Waals surface area (Å²) >= 11 is 0. The van der Waals surface area contributed by atoms with Crippen molar-refractivity contribution in [3.8, 4) is 0 Å². The third kappa shape index (κ3) is 8.00. The van der Waals surface area contributed by atoms with Gasteiger partial charge in [0.2, 0.25) is 5.91 Å². The zero-order valence-electron chi connectivity index (χ0n) is 23.1. The Morgan fingerprint density at radius 3 is 2.32 bits per heavy atom. The number of carbonyl (C=O) groups excluding carboxylic acids is 2. The van der Waals surface area contributed by atoms with Crippen LogP contribution in [0.3, 0.4) is 0 Å². The standard InChI is InChI=1S/C26H29N3O2.C6H6O3S/c1-17-13-14-20(29-26(31)24-12-5-6-15-27-24)16-23(17)25(30)28-18(2)21-11-7-9-19-8-3-4-10-22(19)21;7-10(8,9)6-4-2-1-3-5-6/h3-4,7-11,13-14,16,18,24,27H,5-6,12,15H2,1-2H3,(H,28,30)(H,29,31);1-5H,(H,7,8,9)/t18-,24-;/m1./s1. The van der Waals surface area contributed by atoms with Crippen LogP contribution in [-0.4, -0.2) is 37.4 Å². The van der Waals surface area contributed by atoms with E-state index < -0.39 is 10.1 Å². The zero-order chi connectivity index (χ0) is 29.4. The molecule has 1 heterocycles. The van der Waals surface area contributed by atoms with Gasteiger partial charge in [0.05, 0.1) is 17.0 Å². The Balaban J connectivity index is 0.000000328. The number of hydrogen-bond donors (Lipinski definition) is 4. The molecule has 1 aliphatic heterocycles. The fourth-order valence-electron chi connectivity index (χ4n) is 4.82. The molecule has 0 spiro atoms. The number of piperidine rings is 1. The van der Waals surface area contributed by atoms with Crippen molar-refractivity contribution < 1.29 is 22.6 Å². The van der Waals surface area contributed by atoms with Crippen molar-refractivity contribution in [1.82, 2.24) is 10.6 Å². The van der Waals surface area contributed by atoms with Gasteiger partial charge in [-0.05, 0) is 79.4 Å². The summed E-state index contributed by atoms with van der Waals surface area (Å²) in [5, 5.41) is 11.6. The van der Waals surface area contributed by atoms with Crippen LogP contribution in [0.4, 0.5) is 5.69 Å². The average molecular weight is 574 g/mol. The van der Waals surface area contributed by atoms with Crippen LogP contribution in [-0.2, 0) is 14.9 Å². The van der Waals surface area contributed by atoms with Gasteiger partial charge in [0.1, 0.15) is 0 Å². The number of nitrogens with one attached hydrogen (secondary N) is 3. The molecule has 41 heavy (non-hydrogen) atoms. The van der Waals surface area contributed by atoms with Gasteiger partial charge in [-0.3, -0.25) is 14.1 Å². The lowest BCUT2D eigenvalue weighted by atomic mass is 9.99. The second kappa shape index (κ2) is 13.5. The average Bonchev–Trinajstić information content (AvgIpc) is 2.98. The van der Waals surface area contributed by atoms with Crippen LogP contribution >= 0.6 is 0 Å². The Hall–Kier alpha value is -4.05. The maximum Gasteiger partial charge on any atom is 0.294 e. The monoisotopic (exact) mass is 573 g/mol. The molecule has 5 rings (SSSR count). The second-order valence-corrected chi connectivity index (χ2v) is 11.5. The van der Waals surface area contributed by atoms with Crippen molar-refractivity contribution in [3.05, 3.63) is 108 Å². The third-order valence-electron chi connectivity index (χ3n) is 7.06. The normalized spacial score (nSPS) is 15.7. The molecule has 2 amide bonds. The van der Waals surface area contributed by atoms with E-state index in [1.54, 1.807) is 24.3 Å². The summed E-state index contributed by atoms with van der Waals surface area (Å²) < 4.78 is 29.2. The van der Waals surface area contributed by atoms with E-state index in [9.17, 15) is 18.0 Å². The molecule has 2 atom stereocenters. The first kappa shape index (κ1) is 29.9. The van der Waals surface area contributed by atoms with Crippen molar-refractivity contribution in [1.29, 1.82) is 0 Å². The van der Waals surface area contributed by atoms with Crippen LogP contribution in [0.1, 0.15) is 53.7 Å². The molecule has 4 aromatic carbocycles. The highest BCUT2D eigenvalue weighted by atomic mass is 32.2. The molecular weight excluding hydrogens is 538 g/mol. The molecule has 1 fully saturated rings. The fourth-order valence-corrected chi connectivity index (χ4v) is 5.32. The maximum atomic E-state index is 13.1. The maximum absolute atomic E-state index is 13.1. The number of rotatable bonds is 6. The number of aryl methyl sites for hydroxylation is 1. The predicted molar refractivity (Wildman–Crippen MR) is 162 cm³/mol. The molecule has 0 saturated carbocycles. The van der Waals surface area contributed by atoms with Crippen LogP contribution in [0.15, 0.2) is 95.9 Å². The number of amides is 2. The molecule has 0 radical (unpaired) electrons. The Kier molecular flexibility index (Phi) is 9.88. The van der Waals surface area contributed by atoms with Crippen molar-refractivity contribution in [2.45, 2.75) is 50.1 Å². The summed E-state index contributed by atoms with van der Waals surface area (Å²) in [5.41, 5.74) is 3.17. The van der Waals surface area contributed by atoms with Crippen molar-refractivity contribution >= 4 is 38.4 Å². The molecule has 0 aliphatic carbocycles. The van der Waals surface area contributed by atoms with E-state index in [1.807, 2.05) is 50.2 Å². The first-order chi connectivity index (χ1) is 19.6. The highest BCUT2D eigenvalue weighted by Crippen LogP contribution is 2.25. The minimum Gasteiger partial charge on any atom is -0.345 e. The van der Waals surface area contributed by atoms with Crippen LogP contribution in [0, 0.1) is 6.92 Å². The summed E-state index contributed by atoms with van der Waals surface area (Å²) in [6.07, 6.45) is 3.00. The molecule has 4 aromatic rings. The number of anilines is 1. The van der Waals surface area contributed by atoms with Crippen LogP contribution < -0.4 is 16.0 Å². The lowest BCUT2D eigenvalue weighted by Crippen LogP contribution is -2.43. The second-order valence-electron chi connectivity index (χ2n) is 10.1. The molecule has 0 aromatic heterocycles. The smallest absolute Gasteiger partial charge is 0.294 e. The summed E-state index contributed by atoms with van der Waals surface area (Å²) in [4.78, 5) is 25.6. The van der Waals surface area contributed by atoms with E-state index in [0.717, 1.165) is 47.7 Å². The lowest BCUT2D eigenvalue weighted by Gasteiger charge is -2.23. The number of carbonyl (C=O) groups is 2. The first-order valence-electron chi connectivity index (χ1n) is 13.6. The van der Waals surface area contributed by atoms with E-state index in [2.05, 4.69) is 34.1 Å². The Morgan fingerprint density at radius 1 is 0.927 bits per heavy atom. The third-order valence-corrected chi connectivity index (χ3v) is 7.92. The Morgan fingerprint density at radius 2 is 1.63 bits per heavy atom. The molecule has 1 aliphatic rings. The largest absolute Gasteiger partial charge is 0.345 e. The van der Waals surface area contributed by atoms with Gasteiger partial charge in [-0.15, -0.1) is 0 Å². The topological polar surface area (TPSA) is 125 Å². The molecule has 0 unspecified atom stereocenters. The molecule has 9 heteroatoms. The molecule has 8 nitrogen and oxygen atoms in total. The van der Waals surface area contributed by atoms with Crippen LogP contribution in [0.5, 0.6) is 0 Å². The number of fused-ring (bicyclic) bond motifs is 1. The van der Waals surface area contributed by atoms with Crippen molar-refractivity contribution in [2.75, 3.05) is 11.9 Å². The highest BCUT2D eigenvalue weighted by molar-refractivity contribution is 7.85. The van der Waals surface area contributed by atoms with E-state index in [-0.39, 0.29) is 28.8 Å². The molecular formula is C32H35N3O5S. The van der Waals surface area contributed by atoms with Gasteiger partial charge in [0, 0.05) is 11.3 Å². The van der Waals surface area contributed by atoms with Crippen molar-refractivity contribution in [3.63, 3.8) is 0 Å². The molecule has 214 valence electrons. The fraction of sp³-hybridized carbons (Fsp3) is 0.250. The summed E-state index contributed by atoms with van der Waals surface area (Å²) in [7, 11) is -4.00. The van der Waals surface area contributed by atoms with Gasteiger partial charge in [-0.2, -0.15) is 8.42 Å². The van der Waals surface area contributed by atoms with E-state index in [4.69, 9.17) is 4.55 Å². The number of benzene rings is 4. The lowest BCUT2D eigenvalue weighted by molar-refractivity contribution is -0.118. The zero-order valence-corrected chi connectivity index (χ0v) is 23.9. The summed E-state index contributed by atoms with van der Waals surface area (Å²) in [5.74, 6) is -0.191. The SMILES string of the molecule is Cc1ccc(NC(=O)[C@H]2CCCCN2)cc1C(=O)N[C@H](C)c1cccc2ccccc12.O=S(=O)(O)c1ccccc1. The molecule has 1 saturated heterocycles. The van der Waals surface area contributed by atoms with Gasteiger partial charge in [0.15, 0.2) is 0 Å².